The minimum atomic E-state index is -0.545. The fourth-order valence-electron chi connectivity index (χ4n) is 2.35. The molecule has 0 aliphatic carbocycles. The summed E-state index contributed by atoms with van der Waals surface area (Å²) in [6.07, 6.45) is 0. The van der Waals surface area contributed by atoms with Gasteiger partial charge in [-0.1, -0.05) is 25.2 Å². The third-order valence-electron chi connectivity index (χ3n) is 3.79. The number of nitrogens with one attached hydrogen (secondary N) is 1. The van der Waals surface area contributed by atoms with Crippen LogP contribution >= 0.6 is 11.3 Å². The molecule has 0 radical (unpaired) electrons. The molecule has 3 aromatic rings. The Kier molecular flexibility index (Phi) is 5.78. The van der Waals surface area contributed by atoms with Crippen LogP contribution in [-0.4, -0.2) is 33.0 Å². The van der Waals surface area contributed by atoms with Crippen molar-refractivity contribution in [2.75, 3.05) is 12.4 Å². The summed E-state index contributed by atoms with van der Waals surface area (Å²) in [5, 5.41) is 15.7. The first-order valence-corrected chi connectivity index (χ1v) is 9.24. The maximum atomic E-state index is 14.3. The topological polar surface area (TPSA) is 99.0 Å². The number of methoxy groups -OCH3 is 1. The van der Waals surface area contributed by atoms with Gasteiger partial charge in [-0.15, -0.1) is 10.2 Å². The van der Waals surface area contributed by atoms with Crippen LogP contribution in [0.2, 0.25) is 0 Å². The molecular weight excluding hydrogens is 385 g/mol. The molecule has 2 heterocycles. The average molecular weight is 403 g/mol. The molecule has 0 spiro atoms. The molecule has 28 heavy (non-hydrogen) atoms. The Morgan fingerprint density at radius 3 is 2.71 bits per heavy atom. The van der Waals surface area contributed by atoms with Crippen LogP contribution in [0.5, 0.6) is 5.75 Å². The summed E-state index contributed by atoms with van der Waals surface area (Å²) in [7, 11) is 1.44. The van der Waals surface area contributed by atoms with Crippen LogP contribution in [0, 0.1) is 5.82 Å². The molecule has 1 aromatic carbocycles. The van der Waals surface area contributed by atoms with Gasteiger partial charge in [0, 0.05) is 23.6 Å². The molecule has 0 fully saturated rings. The first-order chi connectivity index (χ1) is 13.4. The van der Waals surface area contributed by atoms with E-state index in [0.29, 0.717) is 10.9 Å². The van der Waals surface area contributed by atoms with E-state index in [-0.39, 0.29) is 23.7 Å². The zero-order valence-electron chi connectivity index (χ0n) is 15.5. The highest BCUT2D eigenvalue weighted by molar-refractivity contribution is 7.15. The second kappa shape index (κ2) is 8.26. The number of benzene rings is 1. The molecule has 0 aliphatic rings. The van der Waals surface area contributed by atoms with E-state index < -0.39 is 17.3 Å². The van der Waals surface area contributed by atoms with Crippen molar-refractivity contribution in [2.45, 2.75) is 26.3 Å². The van der Waals surface area contributed by atoms with Gasteiger partial charge in [0.2, 0.25) is 11.0 Å². The number of carbonyl (C=O) groups is 1. The lowest BCUT2D eigenvalue weighted by atomic mass is 10.1. The molecule has 0 bridgehead atoms. The molecule has 1 amide bonds. The standard InChI is InChI=1S/C18H18FN5O3S/c1-10(2)17-21-22-18(28-17)20-15(25)9-24-16(26)7-6-14(23-24)12-5-4-11(27-3)8-13(12)19/h4-8,10H,9H2,1-3H3,(H,20,22,25). The predicted octanol–water partition coefficient (Wildman–Crippen LogP) is 2.67. The largest absolute Gasteiger partial charge is 0.497 e. The van der Waals surface area contributed by atoms with Crippen molar-refractivity contribution < 1.29 is 13.9 Å². The number of ether oxygens (including phenoxy) is 1. The van der Waals surface area contributed by atoms with Gasteiger partial charge in [0.05, 0.1) is 12.8 Å². The van der Waals surface area contributed by atoms with Crippen LogP contribution in [-0.2, 0) is 11.3 Å². The highest BCUT2D eigenvalue weighted by atomic mass is 32.1. The van der Waals surface area contributed by atoms with Crippen molar-refractivity contribution in [3.63, 3.8) is 0 Å². The number of hydrogen-bond acceptors (Lipinski definition) is 7. The Morgan fingerprint density at radius 2 is 2.07 bits per heavy atom. The van der Waals surface area contributed by atoms with Gasteiger partial charge >= 0.3 is 0 Å². The zero-order valence-corrected chi connectivity index (χ0v) is 16.3. The van der Waals surface area contributed by atoms with Crippen LogP contribution in [0.4, 0.5) is 9.52 Å². The maximum absolute atomic E-state index is 14.3. The number of aromatic nitrogens is 4. The van der Waals surface area contributed by atoms with Crippen molar-refractivity contribution in [3.05, 3.63) is 51.5 Å². The molecule has 0 unspecified atom stereocenters. The summed E-state index contributed by atoms with van der Waals surface area (Å²) >= 11 is 1.27. The third kappa shape index (κ3) is 4.39. The molecule has 146 valence electrons. The summed E-state index contributed by atoms with van der Waals surface area (Å²) in [5.41, 5.74) is -0.0563. The lowest BCUT2D eigenvalue weighted by Gasteiger charge is -2.08. The van der Waals surface area contributed by atoms with Gasteiger partial charge in [-0.25, -0.2) is 9.07 Å². The average Bonchev–Trinajstić information content (AvgIpc) is 3.12. The second-order valence-electron chi connectivity index (χ2n) is 6.21. The summed E-state index contributed by atoms with van der Waals surface area (Å²) in [6, 6.07) is 6.95. The molecular formula is C18H18FN5O3S. The maximum Gasteiger partial charge on any atom is 0.267 e. The molecule has 0 aliphatic heterocycles. The summed E-state index contributed by atoms with van der Waals surface area (Å²) in [6.45, 7) is 3.61. The minimum Gasteiger partial charge on any atom is -0.497 e. The van der Waals surface area contributed by atoms with Crippen LogP contribution in [0.15, 0.2) is 35.1 Å². The van der Waals surface area contributed by atoms with Gasteiger partial charge in [0.1, 0.15) is 23.1 Å². The van der Waals surface area contributed by atoms with E-state index in [1.165, 1.54) is 42.7 Å². The van der Waals surface area contributed by atoms with Gasteiger partial charge < -0.3 is 4.74 Å². The van der Waals surface area contributed by atoms with Crippen LogP contribution in [0.1, 0.15) is 24.8 Å². The fourth-order valence-corrected chi connectivity index (χ4v) is 3.11. The van der Waals surface area contributed by atoms with Crippen LogP contribution in [0.25, 0.3) is 11.3 Å². The Morgan fingerprint density at radius 1 is 1.29 bits per heavy atom. The van der Waals surface area contributed by atoms with Crippen molar-refractivity contribution in [1.29, 1.82) is 0 Å². The van der Waals surface area contributed by atoms with E-state index in [2.05, 4.69) is 20.6 Å². The summed E-state index contributed by atoms with van der Waals surface area (Å²) < 4.78 is 20.2. The smallest absolute Gasteiger partial charge is 0.267 e. The highest BCUT2D eigenvalue weighted by Crippen LogP contribution is 2.24. The Balaban J connectivity index is 1.79. The van der Waals surface area contributed by atoms with Gasteiger partial charge in [0.15, 0.2) is 0 Å². The third-order valence-corrected chi connectivity index (χ3v) is 4.93. The quantitative estimate of drug-likeness (QED) is 0.679. The molecule has 10 heteroatoms. The normalized spacial score (nSPS) is 10.9. The Labute approximate surface area is 164 Å². The van der Waals surface area contributed by atoms with Crippen molar-refractivity contribution in [2.24, 2.45) is 0 Å². The van der Waals surface area contributed by atoms with E-state index in [9.17, 15) is 14.0 Å². The summed E-state index contributed by atoms with van der Waals surface area (Å²) in [4.78, 5) is 24.3. The van der Waals surface area contributed by atoms with Crippen molar-refractivity contribution in [1.82, 2.24) is 20.0 Å². The fraction of sp³-hybridized carbons (Fsp3) is 0.278. The molecule has 1 N–H and O–H groups in total. The van der Waals surface area contributed by atoms with E-state index in [1.54, 1.807) is 6.07 Å². The number of carbonyl (C=O) groups excluding carboxylic acids is 1. The van der Waals surface area contributed by atoms with Crippen molar-refractivity contribution in [3.8, 4) is 17.0 Å². The number of amides is 1. The van der Waals surface area contributed by atoms with Crippen molar-refractivity contribution >= 4 is 22.4 Å². The molecule has 0 saturated heterocycles. The molecule has 0 atom stereocenters. The Bertz CT molecular complexity index is 1060. The molecule has 0 saturated carbocycles. The monoisotopic (exact) mass is 403 g/mol. The van der Waals surface area contributed by atoms with Crippen LogP contribution in [0.3, 0.4) is 0 Å². The van der Waals surface area contributed by atoms with Crippen LogP contribution < -0.4 is 15.6 Å². The lowest BCUT2D eigenvalue weighted by Crippen LogP contribution is -2.29. The van der Waals surface area contributed by atoms with E-state index in [0.717, 1.165) is 9.69 Å². The SMILES string of the molecule is COc1ccc(-c2ccc(=O)n(CC(=O)Nc3nnc(C(C)C)s3)n2)c(F)c1. The Hall–Kier alpha value is -3.14. The first-order valence-electron chi connectivity index (χ1n) is 8.42. The number of nitrogens with zero attached hydrogens (tertiary/aromatic N) is 4. The van der Waals surface area contributed by atoms with E-state index in [1.807, 2.05) is 13.8 Å². The predicted molar refractivity (Wildman–Crippen MR) is 103 cm³/mol. The first kappa shape index (κ1) is 19.6. The summed E-state index contributed by atoms with van der Waals surface area (Å²) in [5.74, 6) is -0.458. The number of anilines is 1. The van der Waals surface area contributed by atoms with Gasteiger partial charge in [-0.3, -0.25) is 14.9 Å². The molecule has 8 nitrogen and oxygen atoms in total. The number of hydrogen-bond donors (Lipinski definition) is 1. The minimum absolute atomic E-state index is 0.195. The second-order valence-corrected chi connectivity index (χ2v) is 7.22. The number of rotatable bonds is 6. The van der Waals surface area contributed by atoms with Gasteiger partial charge in [0.25, 0.3) is 5.56 Å². The highest BCUT2D eigenvalue weighted by Gasteiger charge is 2.14. The number of halogens is 1. The lowest BCUT2D eigenvalue weighted by molar-refractivity contribution is -0.117. The van der Waals surface area contributed by atoms with Gasteiger partial charge in [-0.05, 0) is 18.2 Å². The molecule has 2 aromatic heterocycles. The van der Waals surface area contributed by atoms with E-state index in [4.69, 9.17) is 4.74 Å². The van der Waals surface area contributed by atoms with Gasteiger partial charge in [-0.2, -0.15) is 5.10 Å². The van der Waals surface area contributed by atoms with E-state index >= 15 is 0 Å². The molecule has 3 rings (SSSR count). The zero-order chi connectivity index (χ0) is 20.3.